The van der Waals surface area contributed by atoms with Gasteiger partial charge in [-0.25, -0.2) is 0 Å². The van der Waals surface area contributed by atoms with Gasteiger partial charge in [0.1, 0.15) is 11.5 Å². The van der Waals surface area contributed by atoms with Crippen LogP contribution in [0.5, 0.6) is 11.5 Å². The van der Waals surface area contributed by atoms with E-state index in [1.807, 2.05) is 36.4 Å². The molecule has 2 aromatic carbocycles. The van der Waals surface area contributed by atoms with E-state index >= 15 is 0 Å². The predicted molar refractivity (Wildman–Crippen MR) is 81.5 cm³/mol. The van der Waals surface area contributed by atoms with Crippen LogP contribution in [0.4, 0.5) is 0 Å². The number of hydrogen-bond donors (Lipinski definition) is 2. The number of benzene rings is 2. The number of para-hydroxylation sites is 2. The van der Waals surface area contributed by atoms with Crippen LogP contribution in [-0.2, 0) is 17.6 Å². The van der Waals surface area contributed by atoms with E-state index in [4.69, 9.17) is 4.74 Å². The summed E-state index contributed by atoms with van der Waals surface area (Å²) in [6, 6.07) is 14.6. The zero-order valence-electron chi connectivity index (χ0n) is 12.0. The van der Waals surface area contributed by atoms with Crippen LogP contribution in [0.25, 0.3) is 0 Å². The van der Waals surface area contributed by atoms with Gasteiger partial charge in [-0.2, -0.15) is 0 Å². The molecule has 0 atom stereocenters. The fourth-order valence-electron chi connectivity index (χ4n) is 2.14. The Morgan fingerprint density at radius 2 is 1.76 bits per heavy atom. The normalized spacial score (nSPS) is 10.1. The Labute approximate surface area is 124 Å². The van der Waals surface area contributed by atoms with E-state index in [-0.39, 0.29) is 18.1 Å². The summed E-state index contributed by atoms with van der Waals surface area (Å²) in [5.74, 6) is 0.916. The fraction of sp³-hybridized carbons (Fsp3) is 0.235. The maximum absolute atomic E-state index is 11.9. The molecule has 0 aliphatic carbocycles. The van der Waals surface area contributed by atoms with E-state index < -0.39 is 0 Å². The Morgan fingerprint density at radius 3 is 2.48 bits per heavy atom. The molecule has 0 unspecified atom stereocenters. The number of nitrogens with one attached hydrogen (secondary N) is 1. The van der Waals surface area contributed by atoms with Crippen LogP contribution in [0.15, 0.2) is 48.5 Å². The number of carbonyl (C=O) groups excluding carboxylic acids is 1. The molecule has 0 aliphatic rings. The third-order valence-electron chi connectivity index (χ3n) is 3.25. The Bertz CT molecular complexity index is 610. The zero-order chi connectivity index (χ0) is 15.1. The van der Waals surface area contributed by atoms with Crippen molar-refractivity contribution in [2.45, 2.75) is 12.8 Å². The van der Waals surface area contributed by atoms with Crippen LogP contribution >= 0.6 is 0 Å². The number of phenolic OH excluding ortho intramolecular Hbond substituents is 1. The SMILES string of the molecule is COc1ccccc1CC(=O)NCCc1ccccc1O. The summed E-state index contributed by atoms with van der Waals surface area (Å²) in [6.45, 7) is 0.492. The zero-order valence-corrected chi connectivity index (χ0v) is 12.0. The minimum atomic E-state index is -0.0603. The van der Waals surface area contributed by atoms with Crippen molar-refractivity contribution in [2.75, 3.05) is 13.7 Å². The monoisotopic (exact) mass is 285 g/mol. The van der Waals surface area contributed by atoms with Crippen LogP contribution in [0.2, 0.25) is 0 Å². The minimum absolute atomic E-state index is 0.0603. The Kier molecular flexibility index (Phi) is 5.21. The number of hydrogen-bond acceptors (Lipinski definition) is 3. The molecule has 0 saturated heterocycles. The van der Waals surface area contributed by atoms with Gasteiger partial charge in [-0.05, 0) is 24.1 Å². The lowest BCUT2D eigenvalue weighted by Gasteiger charge is -2.09. The molecule has 0 radical (unpaired) electrons. The first-order chi connectivity index (χ1) is 10.2. The second kappa shape index (κ2) is 7.33. The summed E-state index contributed by atoms with van der Waals surface area (Å²) in [7, 11) is 1.59. The standard InChI is InChI=1S/C17H19NO3/c1-21-16-9-5-3-7-14(16)12-17(20)18-11-10-13-6-2-4-8-15(13)19/h2-9,19H,10-12H2,1H3,(H,18,20). The molecule has 0 saturated carbocycles. The van der Waals surface area contributed by atoms with Crippen molar-refractivity contribution in [2.24, 2.45) is 0 Å². The van der Waals surface area contributed by atoms with Crippen LogP contribution in [0.1, 0.15) is 11.1 Å². The highest BCUT2D eigenvalue weighted by atomic mass is 16.5. The lowest BCUT2D eigenvalue weighted by atomic mass is 10.1. The number of amides is 1. The average Bonchev–Trinajstić information content (AvgIpc) is 2.50. The smallest absolute Gasteiger partial charge is 0.224 e. The predicted octanol–water partition coefficient (Wildman–Crippen LogP) is 2.30. The third kappa shape index (κ3) is 4.24. The fourth-order valence-corrected chi connectivity index (χ4v) is 2.14. The number of carbonyl (C=O) groups is 1. The van der Waals surface area contributed by atoms with E-state index in [2.05, 4.69) is 5.32 Å². The number of methoxy groups -OCH3 is 1. The lowest BCUT2D eigenvalue weighted by molar-refractivity contribution is -0.120. The molecule has 0 aliphatic heterocycles. The number of rotatable bonds is 6. The largest absolute Gasteiger partial charge is 0.508 e. The molecule has 0 bridgehead atoms. The molecule has 0 fully saturated rings. The first-order valence-electron chi connectivity index (χ1n) is 6.86. The summed E-state index contributed by atoms with van der Waals surface area (Å²) in [6.07, 6.45) is 0.884. The molecular weight excluding hydrogens is 266 g/mol. The van der Waals surface area contributed by atoms with E-state index in [0.29, 0.717) is 18.7 Å². The molecule has 2 N–H and O–H groups in total. The van der Waals surface area contributed by atoms with Crippen molar-refractivity contribution in [1.82, 2.24) is 5.32 Å². The van der Waals surface area contributed by atoms with E-state index in [1.54, 1.807) is 19.2 Å². The molecule has 2 rings (SSSR count). The van der Waals surface area contributed by atoms with Gasteiger partial charge in [0.25, 0.3) is 0 Å². The summed E-state index contributed by atoms with van der Waals surface area (Å²) in [5.41, 5.74) is 1.69. The van der Waals surface area contributed by atoms with Gasteiger partial charge in [0, 0.05) is 12.1 Å². The van der Waals surface area contributed by atoms with Crippen LogP contribution in [0.3, 0.4) is 0 Å². The second-order valence-corrected chi connectivity index (χ2v) is 4.72. The van der Waals surface area contributed by atoms with Gasteiger partial charge in [0.15, 0.2) is 0 Å². The summed E-state index contributed by atoms with van der Waals surface area (Å²) < 4.78 is 5.22. The highest BCUT2D eigenvalue weighted by Crippen LogP contribution is 2.18. The van der Waals surface area contributed by atoms with Crippen molar-refractivity contribution in [1.29, 1.82) is 0 Å². The Morgan fingerprint density at radius 1 is 1.10 bits per heavy atom. The van der Waals surface area contributed by atoms with Gasteiger partial charge in [-0.1, -0.05) is 36.4 Å². The van der Waals surface area contributed by atoms with Gasteiger partial charge >= 0.3 is 0 Å². The van der Waals surface area contributed by atoms with Crippen molar-refractivity contribution >= 4 is 5.91 Å². The number of aromatic hydroxyl groups is 1. The highest BCUT2D eigenvalue weighted by Gasteiger charge is 2.08. The first kappa shape index (κ1) is 14.9. The maximum Gasteiger partial charge on any atom is 0.224 e. The molecule has 2 aromatic rings. The third-order valence-corrected chi connectivity index (χ3v) is 3.25. The Hall–Kier alpha value is -2.49. The summed E-state index contributed by atoms with van der Waals surface area (Å²) >= 11 is 0. The molecule has 4 nitrogen and oxygen atoms in total. The molecule has 21 heavy (non-hydrogen) atoms. The van der Waals surface area contributed by atoms with Crippen LogP contribution in [-0.4, -0.2) is 24.7 Å². The molecule has 1 amide bonds. The van der Waals surface area contributed by atoms with Crippen molar-refractivity contribution in [3.63, 3.8) is 0 Å². The highest BCUT2D eigenvalue weighted by molar-refractivity contribution is 5.79. The number of ether oxygens (including phenoxy) is 1. The summed E-state index contributed by atoms with van der Waals surface area (Å²) in [5, 5.41) is 12.5. The summed E-state index contributed by atoms with van der Waals surface area (Å²) in [4.78, 5) is 11.9. The molecule has 0 spiro atoms. The average molecular weight is 285 g/mol. The second-order valence-electron chi connectivity index (χ2n) is 4.72. The van der Waals surface area contributed by atoms with Gasteiger partial charge < -0.3 is 15.2 Å². The quantitative estimate of drug-likeness (QED) is 0.856. The van der Waals surface area contributed by atoms with Crippen molar-refractivity contribution < 1.29 is 14.6 Å². The van der Waals surface area contributed by atoms with Crippen molar-refractivity contribution in [3.05, 3.63) is 59.7 Å². The van der Waals surface area contributed by atoms with Gasteiger partial charge in [0.2, 0.25) is 5.91 Å². The van der Waals surface area contributed by atoms with Gasteiger partial charge in [-0.3, -0.25) is 4.79 Å². The van der Waals surface area contributed by atoms with Crippen molar-refractivity contribution in [3.8, 4) is 11.5 Å². The van der Waals surface area contributed by atoms with E-state index in [0.717, 1.165) is 11.1 Å². The molecule has 0 heterocycles. The first-order valence-corrected chi connectivity index (χ1v) is 6.86. The topological polar surface area (TPSA) is 58.6 Å². The maximum atomic E-state index is 11.9. The van der Waals surface area contributed by atoms with Gasteiger partial charge in [0.05, 0.1) is 13.5 Å². The van der Waals surface area contributed by atoms with E-state index in [1.165, 1.54) is 0 Å². The van der Waals surface area contributed by atoms with Gasteiger partial charge in [-0.15, -0.1) is 0 Å². The molecular formula is C17H19NO3. The lowest BCUT2D eigenvalue weighted by Crippen LogP contribution is -2.27. The minimum Gasteiger partial charge on any atom is -0.508 e. The molecule has 110 valence electrons. The van der Waals surface area contributed by atoms with Crippen LogP contribution < -0.4 is 10.1 Å². The van der Waals surface area contributed by atoms with Crippen LogP contribution in [0, 0.1) is 0 Å². The number of phenols is 1. The Balaban J connectivity index is 1.84. The molecule has 4 heteroatoms. The van der Waals surface area contributed by atoms with E-state index in [9.17, 15) is 9.90 Å². The molecule has 0 aromatic heterocycles.